The number of rotatable bonds is 5. The van der Waals surface area contributed by atoms with Crippen LogP contribution in [0.2, 0.25) is 0 Å². The first kappa shape index (κ1) is 21.5. The molecule has 1 N–H and O–H groups in total. The Hall–Kier alpha value is -2.71. The van der Waals surface area contributed by atoms with Crippen molar-refractivity contribution in [1.82, 2.24) is 9.88 Å². The van der Waals surface area contributed by atoms with Crippen LogP contribution in [0, 0.1) is 6.92 Å². The molecule has 0 bridgehead atoms. The zero-order valence-electron chi connectivity index (χ0n) is 18.1. The highest BCUT2D eigenvalue weighted by molar-refractivity contribution is 8.16. The first-order valence-electron chi connectivity index (χ1n) is 10.3. The maximum Gasteiger partial charge on any atom is 0.234 e. The summed E-state index contributed by atoms with van der Waals surface area (Å²) in [5.41, 5.74) is 3.39. The molecule has 2 aromatic rings. The molecule has 31 heavy (non-hydrogen) atoms. The molecule has 1 saturated heterocycles. The van der Waals surface area contributed by atoms with E-state index in [1.165, 1.54) is 17.3 Å². The Kier molecular flexibility index (Phi) is 6.38. The van der Waals surface area contributed by atoms with Crippen LogP contribution in [0.1, 0.15) is 24.0 Å². The van der Waals surface area contributed by atoms with Crippen molar-refractivity contribution in [3.8, 4) is 5.88 Å². The number of likely N-dealkylation sites (tertiary alicyclic amines) is 1. The van der Waals surface area contributed by atoms with Gasteiger partial charge in [0.05, 0.1) is 30.5 Å². The van der Waals surface area contributed by atoms with Gasteiger partial charge in [0, 0.05) is 37.6 Å². The molecule has 8 heteroatoms. The number of nitrogens with one attached hydrogen (secondary N) is 1. The predicted octanol–water partition coefficient (Wildman–Crippen LogP) is 3.39. The zero-order valence-corrected chi connectivity index (χ0v) is 18.9. The summed E-state index contributed by atoms with van der Waals surface area (Å²) in [6.45, 7) is 4.01. The number of nitrogens with zero attached hydrogens (tertiary/aromatic N) is 4. The van der Waals surface area contributed by atoms with Gasteiger partial charge in [-0.1, -0.05) is 41.6 Å². The summed E-state index contributed by atoms with van der Waals surface area (Å²) in [4.78, 5) is 29.1. The van der Waals surface area contributed by atoms with E-state index in [0.29, 0.717) is 11.6 Å². The minimum atomic E-state index is -0.397. The fourth-order valence-electron chi connectivity index (χ4n) is 3.63. The fourth-order valence-corrected chi connectivity index (χ4v) is 4.50. The summed E-state index contributed by atoms with van der Waals surface area (Å²) >= 11 is 1.44. The lowest BCUT2D eigenvalue weighted by Crippen LogP contribution is -2.39. The minimum Gasteiger partial charge on any atom is -0.481 e. The number of aryl methyl sites for hydroxylation is 1. The highest BCUT2D eigenvalue weighted by atomic mass is 32.2. The fraction of sp³-hybridized carbons (Fsp3) is 0.391. The normalized spacial score (nSPS) is 17.9. The van der Waals surface area contributed by atoms with E-state index in [0.717, 1.165) is 42.3 Å². The van der Waals surface area contributed by atoms with Crippen molar-refractivity contribution < 1.29 is 9.53 Å². The van der Waals surface area contributed by atoms with E-state index in [2.05, 4.69) is 53.4 Å². The summed E-state index contributed by atoms with van der Waals surface area (Å²) in [6.07, 6.45) is 3.38. The van der Waals surface area contributed by atoms with Crippen LogP contribution in [0.3, 0.4) is 0 Å². The summed E-state index contributed by atoms with van der Waals surface area (Å²) in [7, 11) is 3.69. The lowest BCUT2D eigenvalue weighted by Gasteiger charge is -2.33. The molecule has 7 nitrogen and oxygen atoms in total. The van der Waals surface area contributed by atoms with Gasteiger partial charge in [-0.15, -0.1) is 0 Å². The molecular weight excluding hydrogens is 410 g/mol. The van der Waals surface area contributed by atoms with Crippen molar-refractivity contribution >= 4 is 34.1 Å². The number of hydrogen-bond acceptors (Lipinski definition) is 7. The van der Waals surface area contributed by atoms with Crippen molar-refractivity contribution in [3.63, 3.8) is 0 Å². The molecule has 0 aliphatic carbocycles. The van der Waals surface area contributed by atoms with Crippen molar-refractivity contribution in [3.05, 3.63) is 53.7 Å². The quantitative estimate of drug-likeness (QED) is 0.776. The Balaban J connectivity index is 1.48. The molecule has 1 aromatic carbocycles. The number of hydrogen-bond donors (Lipinski definition) is 1. The molecule has 3 heterocycles. The number of aromatic nitrogens is 1. The Bertz CT molecular complexity index is 994. The van der Waals surface area contributed by atoms with Gasteiger partial charge < -0.3 is 15.0 Å². The minimum absolute atomic E-state index is 0.104. The number of anilines is 1. The van der Waals surface area contributed by atoms with Crippen molar-refractivity contribution in [2.75, 3.05) is 38.3 Å². The van der Waals surface area contributed by atoms with Crippen LogP contribution < -0.4 is 10.1 Å². The molecule has 0 atom stereocenters. The Morgan fingerprint density at radius 3 is 2.55 bits per heavy atom. The summed E-state index contributed by atoms with van der Waals surface area (Å²) in [6, 6.07) is 11.8. The molecule has 1 aromatic heterocycles. The molecule has 0 saturated carbocycles. The Morgan fingerprint density at radius 2 is 1.90 bits per heavy atom. The monoisotopic (exact) mass is 437 g/mol. The maximum absolute atomic E-state index is 12.5. The topological polar surface area (TPSA) is 79.2 Å². The van der Waals surface area contributed by atoms with Gasteiger partial charge in [-0.2, -0.15) is 0 Å². The number of ether oxygens (including phenoxy) is 1. The first-order valence-corrected chi connectivity index (χ1v) is 11.3. The lowest BCUT2D eigenvalue weighted by molar-refractivity contribution is -0.113. The Labute approximate surface area is 187 Å². The highest BCUT2D eigenvalue weighted by Crippen LogP contribution is 2.35. The standard InChI is InChI=1S/C23H27N5O2S/c1-16-4-6-17(7-5-16)21-22(27-23(26-21)10-12-28(2)13-11-23)31-15-19(29)25-18-8-9-20(30-3)24-14-18/h4-9,14H,10-13,15H2,1-3H3,(H,25,29). The molecular formula is C23H27N5O2S. The average molecular weight is 438 g/mol. The van der Waals surface area contributed by atoms with Gasteiger partial charge in [0.25, 0.3) is 0 Å². The van der Waals surface area contributed by atoms with E-state index < -0.39 is 5.66 Å². The van der Waals surface area contributed by atoms with Crippen molar-refractivity contribution in [1.29, 1.82) is 0 Å². The number of carbonyl (C=O) groups is 1. The molecule has 2 aliphatic rings. The van der Waals surface area contributed by atoms with Crippen molar-refractivity contribution in [2.45, 2.75) is 25.4 Å². The van der Waals surface area contributed by atoms with Crippen LogP contribution in [0.4, 0.5) is 5.69 Å². The van der Waals surface area contributed by atoms with Gasteiger partial charge >= 0.3 is 0 Å². The molecule has 162 valence electrons. The number of methoxy groups -OCH3 is 1. The van der Waals surface area contributed by atoms with E-state index in [-0.39, 0.29) is 11.7 Å². The van der Waals surface area contributed by atoms with Gasteiger partial charge in [0.2, 0.25) is 11.8 Å². The van der Waals surface area contributed by atoms with Crippen LogP contribution in [0.15, 0.2) is 52.6 Å². The number of piperidine rings is 1. The SMILES string of the molecule is COc1ccc(NC(=O)CSC2=NC3(CCN(C)CC3)N=C2c2ccc(C)cc2)cn1. The summed E-state index contributed by atoms with van der Waals surface area (Å²) < 4.78 is 5.05. The summed E-state index contributed by atoms with van der Waals surface area (Å²) in [5.74, 6) is 0.661. The number of thioether (sulfide) groups is 1. The second kappa shape index (κ2) is 9.20. The molecule has 2 aliphatic heterocycles. The third kappa shape index (κ3) is 5.14. The van der Waals surface area contributed by atoms with Crippen LogP contribution in [-0.2, 0) is 4.79 Å². The van der Waals surface area contributed by atoms with Crippen LogP contribution in [0.25, 0.3) is 0 Å². The van der Waals surface area contributed by atoms with E-state index in [1.807, 2.05) is 0 Å². The molecule has 0 unspecified atom stereocenters. The molecule has 4 rings (SSSR count). The average Bonchev–Trinajstić information content (AvgIpc) is 3.14. The molecule has 1 spiro atoms. The lowest BCUT2D eigenvalue weighted by atomic mass is 9.99. The van der Waals surface area contributed by atoms with Gasteiger partial charge in [0.15, 0.2) is 5.66 Å². The second-order valence-electron chi connectivity index (χ2n) is 7.96. The Morgan fingerprint density at radius 1 is 1.16 bits per heavy atom. The zero-order chi connectivity index (χ0) is 21.8. The smallest absolute Gasteiger partial charge is 0.234 e. The van der Waals surface area contributed by atoms with Crippen LogP contribution in [0.5, 0.6) is 5.88 Å². The second-order valence-corrected chi connectivity index (χ2v) is 8.92. The number of pyridine rings is 1. The summed E-state index contributed by atoms with van der Waals surface area (Å²) in [5, 5.41) is 3.72. The number of carbonyl (C=O) groups excluding carboxylic acids is 1. The van der Waals surface area contributed by atoms with E-state index in [4.69, 9.17) is 14.7 Å². The van der Waals surface area contributed by atoms with E-state index in [1.54, 1.807) is 25.4 Å². The van der Waals surface area contributed by atoms with E-state index >= 15 is 0 Å². The first-order chi connectivity index (χ1) is 15.0. The molecule has 1 fully saturated rings. The third-order valence-corrected chi connectivity index (χ3v) is 6.48. The van der Waals surface area contributed by atoms with Crippen LogP contribution in [-0.4, -0.2) is 65.2 Å². The molecule has 0 radical (unpaired) electrons. The van der Waals surface area contributed by atoms with Gasteiger partial charge in [0.1, 0.15) is 5.04 Å². The largest absolute Gasteiger partial charge is 0.481 e. The third-order valence-electron chi connectivity index (χ3n) is 5.51. The van der Waals surface area contributed by atoms with Crippen LogP contribution >= 0.6 is 11.8 Å². The maximum atomic E-state index is 12.5. The predicted molar refractivity (Wildman–Crippen MR) is 126 cm³/mol. The van der Waals surface area contributed by atoms with Crippen molar-refractivity contribution in [2.24, 2.45) is 9.98 Å². The number of benzene rings is 1. The van der Waals surface area contributed by atoms with E-state index in [9.17, 15) is 4.79 Å². The highest BCUT2D eigenvalue weighted by Gasteiger charge is 2.39. The number of aliphatic imine (C=N–C) groups is 2. The molecule has 1 amide bonds. The number of amides is 1. The van der Waals surface area contributed by atoms with Gasteiger partial charge in [-0.25, -0.2) is 9.98 Å². The van der Waals surface area contributed by atoms with Gasteiger partial charge in [-0.3, -0.25) is 9.79 Å². The van der Waals surface area contributed by atoms with Gasteiger partial charge in [-0.05, 0) is 20.0 Å².